The lowest BCUT2D eigenvalue weighted by Crippen LogP contribution is -2.52. The van der Waals surface area contributed by atoms with E-state index in [4.69, 9.17) is 5.73 Å². The molecule has 100 valence electrons. The molecule has 2 atom stereocenters. The van der Waals surface area contributed by atoms with Crippen LogP contribution in [-0.2, 0) is 11.3 Å². The molecular weight excluding hydrogens is 244 g/mol. The molecule has 1 heterocycles. The number of thiophene rings is 1. The Morgan fingerprint density at radius 1 is 1.61 bits per heavy atom. The molecule has 0 aromatic carbocycles. The molecule has 1 aromatic heterocycles. The number of hydrogen-bond acceptors (Lipinski definition) is 3. The van der Waals surface area contributed by atoms with Gasteiger partial charge in [0.05, 0.1) is 12.5 Å². The summed E-state index contributed by atoms with van der Waals surface area (Å²) in [6, 6.07) is 4.09. The highest BCUT2D eigenvalue weighted by Gasteiger charge is 2.39. The fourth-order valence-electron chi connectivity index (χ4n) is 2.74. The Labute approximate surface area is 113 Å². The van der Waals surface area contributed by atoms with Crippen molar-refractivity contribution in [3.05, 3.63) is 22.4 Å². The number of carbonyl (C=O) groups excluding carboxylic acids is 1. The van der Waals surface area contributed by atoms with E-state index in [1.54, 1.807) is 11.3 Å². The summed E-state index contributed by atoms with van der Waals surface area (Å²) in [5.41, 5.74) is 5.95. The van der Waals surface area contributed by atoms with Crippen LogP contribution in [0.5, 0.6) is 0 Å². The van der Waals surface area contributed by atoms with Gasteiger partial charge in [-0.15, -0.1) is 11.3 Å². The monoisotopic (exact) mass is 266 g/mol. The van der Waals surface area contributed by atoms with Crippen LogP contribution in [0.3, 0.4) is 0 Å². The van der Waals surface area contributed by atoms with Crippen LogP contribution in [0.15, 0.2) is 17.5 Å². The third kappa shape index (κ3) is 2.93. The molecular formula is C14H22N2OS. The number of nitrogens with two attached hydrogens (primary N) is 1. The molecule has 2 N–H and O–H groups in total. The van der Waals surface area contributed by atoms with E-state index in [0.717, 1.165) is 25.7 Å². The zero-order valence-corrected chi connectivity index (χ0v) is 12.0. The van der Waals surface area contributed by atoms with Crippen molar-refractivity contribution in [1.29, 1.82) is 0 Å². The SMILES string of the molecule is CN(Cc1cccs1)C(=O)C1CCCCC1(C)N. The van der Waals surface area contributed by atoms with Crippen LogP contribution in [0, 0.1) is 5.92 Å². The average molecular weight is 266 g/mol. The van der Waals surface area contributed by atoms with Crippen LogP contribution in [0.2, 0.25) is 0 Å². The van der Waals surface area contributed by atoms with Gasteiger partial charge in [-0.2, -0.15) is 0 Å². The topological polar surface area (TPSA) is 46.3 Å². The van der Waals surface area contributed by atoms with Gasteiger partial charge in [-0.1, -0.05) is 18.9 Å². The van der Waals surface area contributed by atoms with E-state index in [1.165, 1.54) is 4.88 Å². The third-order valence-electron chi connectivity index (χ3n) is 3.90. The van der Waals surface area contributed by atoms with Gasteiger partial charge >= 0.3 is 0 Å². The molecule has 0 radical (unpaired) electrons. The number of nitrogens with zero attached hydrogens (tertiary/aromatic N) is 1. The Kier molecular flexibility index (Phi) is 4.07. The average Bonchev–Trinajstić information content (AvgIpc) is 2.80. The molecule has 0 aliphatic heterocycles. The highest BCUT2D eigenvalue weighted by Crippen LogP contribution is 2.33. The zero-order chi connectivity index (χ0) is 13.2. The van der Waals surface area contributed by atoms with Gasteiger partial charge in [0.15, 0.2) is 0 Å². The normalized spacial score (nSPS) is 28.1. The summed E-state index contributed by atoms with van der Waals surface area (Å²) >= 11 is 1.69. The first kappa shape index (κ1) is 13.6. The zero-order valence-electron chi connectivity index (χ0n) is 11.2. The molecule has 1 aliphatic carbocycles. The Morgan fingerprint density at radius 3 is 3.00 bits per heavy atom. The van der Waals surface area contributed by atoms with E-state index in [9.17, 15) is 4.79 Å². The number of rotatable bonds is 3. The van der Waals surface area contributed by atoms with Gasteiger partial charge in [0.1, 0.15) is 0 Å². The maximum atomic E-state index is 12.5. The first-order chi connectivity index (χ1) is 8.50. The van der Waals surface area contributed by atoms with Gasteiger partial charge < -0.3 is 10.6 Å². The van der Waals surface area contributed by atoms with Crippen LogP contribution in [0.1, 0.15) is 37.5 Å². The first-order valence-corrected chi connectivity index (χ1v) is 7.45. The number of hydrogen-bond donors (Lipinski definition) is 1. The molecule has 1 aliphatic rings. The van der Waals surface area contributed by atoms with Gasteiger partial charge in [-0.3, -0.25) is 4.79 Å². The van der Waals surface area contributed by atoms with Crippen LogP contribution >= 0.6 is 11.3 Å². The maximum Gasteiger partial charge on any atom is 0.227 e. The summed E-state index contributed by atoms with van der Waals surface area (Å²) < 4.78 is 0. The first-order valence-electron chi connectivity index (χ1n) is 6.57. The lowest BCUT2D eigenvalue weighted by atomic mass is 9.74. The minimum atomic E-state index is -0.334. The molecule has 2 rings (SSSR count). The van der Waals surface area contributed by atoms with E-state index < -0.39 is 0 Å². The molecule has 3 nitrogen and oxygen atoms in total. The van der Waals surface area contributed by atoms with Crippen molar-refractivity contribution in [1.82, 2.24) is 4.90 Å². The van der Waals surface area contributed by atoms with E-state index in [0.29, 0.717) is 6.54 Å². The van der Waals surface area contributed by atoms with E-state index in [2.05, 4.69) is 6.07 Å². The molecule has 1 amide bonds. The lowest BCUT2D eigenvalue weighted by Gasteiger charge is -2.39. The van der Waals surface area contributed by atoms with Crippen molar-refractivity contribution >= 4 is 17.2 Å². The van der Waals surface area contributed by atoms with Gasteiger partial charge in [0, 0.05) is 17.5 Å². The minimum absolute atomic E-state index is 0.0174. The highest BCUT2D eigenvalue weighted by molar-refractivity contribution is 7.09. The molecule has 18 heavy (non-hydrogen) atoms. The molecule has 1 saturated carbocycles. The van der Waals surface area contributed by atoms with Gasteiger partial charge in [0.2, 0.25) is 5.91 Å². The van der Waals surface area contributed by atoms with Crippen molar-refractivity contribution in [2.45, 2.75) is 44.7 Å². The predicted molar refractivity (Wildman–Crippen MR) is 75.3 cm³/mol. The second kappa shape index (κ2) is 5.41. The fraction of sp³-hybridized carbons (Fsp3) is 0.643. The molecule has 1 fully saturated rings. The van der Waals surface area contributed by atoms with Gasteiger partial charge in [-0.25, -0.2) is 0 Å². The largest absolute Gasteiger partial charge is 0.340 e. The predicted octanol–water partition coefficient (Wildman–Crippen LogP) is 2.61. The number of carbonyl (C=O) groups is 1. The summed E-state index contributed by atoms with van der Waals surface area (Å²) in [7, 11) is 1.88. The highest BCUT2D eigenvalue weighted by atomic mass is 32.1. The lowest BCUT2D eigenvalue weighted by molar-refractivity contribution is -0.138. The Balaban J connectivity index is 2.01. The van der Waals surface area contributed by atoms with Gasteiger partial charge in [0.25, 0.3) is 0 Å². The number of amides is 1. The molecule has 0 spiro atoms. The summed E-state index contributed by atoms with van der Waals surface area (Å²) in [4.78, 5) is 15.5. The van der Waals surface area contributed by atoms with Crippen molar-refractivity contribution in [3.63, 3.8) is 0 Å². The quantitative estimate of drug-likeness (QED) is 0.914. The second-order valence-corrected chi connectivity index (χ2v) is 6.61. The Hall–Kier alpha value is -0.870. The van der Waals surface area contributed by atoms with E-state index in [-0.39, 0.29) is 17.4 Å². The van der Waals surface area contributed by atoms with Gasteiger partial charge in [-0.05, 0) is 31.2 Å². The molecule has 4 heteroatoms. The third-order valence-corrected chi connectivity index (χ3v) is 4.76. The molecule has 0 saturated heterocycles. The molecule has 2 unspecified atom stereocenters. The summed E-state index contributed by atoms with van der Waals surface area (Å²) in [6.45, 7) is 2.72. The smallest absolute Gasteiger partial charge is 0.227 e. The van der Waals surface area contributed by atoms with Crippen molar-refractivity contribution in [3.8, 4) is 0 Å². The van der Waals surface area contributed by atoms with E-state index >= 15 is 0 Å². The maximum absolute atomic E-state index is 12.5. The fourth-order valence-corrected chi connectivity index (χ4v) is 3.50. The van der Waals surface area contributed by atoms with Crippen LogP contribution in [0.4, 0.5) is 0 Å². The van der Waals surface area contributed by atoms with Crippen molar-refractivity contribution in [2.24, 2.45) is 11.7 Å². The Morgan fingerprint density at radius 2 is 2.39 bits per heavy atom. The summed E-state index contributed by atoms with van der Waals surface area (Å²) in [6.07, 6.45) is 4.15. The van der Waals surface area contributed by atoms with Crippen LogP contribution < -0.4 is 5.73 Å². The summed E-state index contributed by atoms with van der Waals surface area (Å²) in [5.74, 6) is 0.185. The van der Waals surface area contributed by atoms with Crippen molar-refractivity contribution < 1.29 is 4.79 Å². The van der Waals surface area contributed by atoms with Crippen LogP contribution in [-0.4, -0.2) is 23.4 Å². The molecule has 0 bridgehead atoms. The van der Waals surface area contributed by atoms with Crippen LogP contribution in [0.25, 0.3) is 0 Å². The molecule has 1 aromatic rings. The Bertz CT molecular complexity index is 400. The second-order valence-electron chi connectivity index (χ2n) is 5.58. The van der Waals surface area contributed by atoms with Crippen molar-refractivity contribution in [2.75, 3.05) is 7.05 Å². The minimum Gasteiger partial charge on any atom is -0.340 e. The van der Waals surface area contributed by atoms with E-state index in [1.807, 2.05) is 30.3 Å². The summed E-state index contributed by atoms with van der Waals surface area (Å²) in [5, 5.41) is 2.04. The standard InChI is InChI=1S/C14H22N2OS/c1-14(15)8-4-3-7-12(14)13(17)16(2)10-11-6-5-9-18-11/h5-6,9,12H,3-4,7-8,10,15H2,1-2H3.